The number of sulfonamides is 1. The van der Waals surface area contributed by atoms with Gasteiger partial charge in [0.05, 0.1) is 29.4 Å². The Balaban J connectivity index is 0.000000184. The summed E-state index contributed by atoms with van der Waals surface area (Å²) in [4.78, 5) is 68.1. The maximum Gasteiger partial charge on any atom is 0.340 e. The molecule has 10 aromatic heterocycles. The molecule has 121 heavy (non-hydrogen) atoms. The molecule has 0 saturated heterocycles. The van der Waals surface area contributed by atoms with Gasteiger partial charge in [-0.1, -0.05) is 149 Å². The molecule has 624 valence electrons. The minimum atomic E-state index is -3.65. The maximum atomic E-state index is 11.0. The van der Waals surface area contributed by atoms with Crippen LogP contribution in [-0.2, 0) is 10.0 Å². The van der Waals surface area contributed by atoms with Crippen molar-refractivity contribution in [1.82, 2.24) is 80.4 Å². The van der Waals surface area contributed by atoms with E-state index in [4.69, 9.17) is 61.6 Å². The lowest BCUT2D eigenvalue weighted by Crippen LogP contribution is -2.13. The van der Waals surface area contributed by atoms with Gasteiger partial charge in [0.2, 0.25) is 10.0 Å². The summed E-state index contributed by atoms with van der Waals surface area (Å²) in [6.45, 7) is 21.5. The Bertz CT molecular complexity index is 6220. The van der Waals surface area contributed by atoms with Crippen molar-refractivity contribution < 1.29 is 13.2 Å². The predicted molar refractivity (Wildman–Crippen MR) is 488 cm³/mol. The molecule has 0 atom stereocenters. The SMILES string of the molecule is COc1ccc(C)c(S(N)(=O)=O)c1.Cc1cc(Cl)ccn1.Cc1cc(N)ccn1.Cc1ccc(-c2n[nH]c(=O)[nH]2)cc1.Cc1ccc2cc(N)nc(N)c2c1.Cc1ccc2cncc(N)c2c1.Cc1ccc2nc(N)ccc2c1.Cc1cccc(-c2n[nH]c(=O)[nH]2)c1.Cc1cccc(N)n1.Cc1ccccc1-c1n[nH]c(=O)[nH]1.Cc1ccnc(N)c1. The molecule has 32 heteroatoms. The number of H-pyrrole nitrogens is 6. The van der Waals surface area contributed by atoms with Crippen LogP contribution in [0.25, 0.3) is 66.6 Å². The summed E-state index contributed by atoms with van der Waals surface area (Å²) < 4.78 is 27.0. The topological polar surface area (TPSA) is 526 Å². The number of primary sulfonamides is 1. The highest BCUT2D eigenvalue weighted by Gasteiger charge is 2.13. The first-order chi connectivity index (χ1) is 57.6. The van der Waals surface area contributed by atoms with Gasteiger partial charge in [-0.2, -0.15) is 15.3 Å². The molecule has 30 nitrogen and oxygen atoms in total. The number of pyridine rings is 7. The van der Waals surface area contributed by atoms with E-state index in [2.05, 4.69) is 112 Å². The molecule has 0 bridgehead atoms. The van der Waals surface area contributed by atoms with E-state index in [1.807, 2.05) is 225 Å². The van der Waals surface area contributed by atoms with Gasteiger partial charge in [0, 0.05) is 96.9 Å². The molecular formula is C89H99ClN24O6S. The van der Waals surface area contributed by atoms with E-state index < -0.39 is 10.0 Å². The largest absolute Gasteiger partial charge is 0.497 e. The van der Waals surface area contributed by atoms with Crippen LogP contribution in [0.2, 0.25) is 5.02 Å². The smallest absolute Gasteiger partial charge is 0.340 e. The summed E-state index contributed by atoms with van der Waals surface area (Å²) in [6, 6.07) is 68.5. The van der Waals surface area contributed by atoms with Crippen molar-refractivity contribution in [3.8, 4) is 39.9 Å². The van der Waals surface area contributed by atoms with Crippen LogP contribution in [0.5, 0.6) is 5.75 Å². The number of rotatable bonds is 5. The number of nitrogens with zero attached hydrogens (tertiary/aromatic N) is 10. The highest BCUT2D eigenvalue weighted by Crippen LogP contribution is 2.25. The standard InChI is InChI=1S/C10H11N3.2C10H10N2.3C9H9N3O.C8H11NO3S.C6H6ClN.3C6H8N2/c1-6-2-3-7-5-9(11)13-10(12)8(7)4-6;1-7-2-4-9-8(6-7)3-5-10(11)12-9;1-7-2-3-8-5-12-6-10(11)9(8)4-7;1-6-2-4-7(5-3-6)8-10-9(13)12-11-8;1-6-3-2-4-7(5-6)8-10-9(13)12-11-8;1-6-4-2-3-5-7(6)8-10-9(13)12-11-8;1-6-3-4-7(12-2)5-8(6)13(9,10)11;2*1-5-4-6(7)2-3-8-5;1-5-2-3-8-6(7)4-5;1-5-3-2-4-6(7)8-5/h2-5H,1H3,(H4,11,12,13);2-6H,1H3,(H2,11,12);2-6H,11H2,1H3;3*2-5H,1H3,(H2,10,11,12,13);3-5H,1-2H3,(H2,9,10,11);2-4H,1H3;3*2-4H,1H3,(H2,7,8). The number of methoxy groups -OCH3 is 1. The van der Waals surface area contributed by atoms with Gasteiger partial charge in [-0.05, 0) is 201 Å². The van der Waals surface area contributed by atoms with Crippen molar-refractivity contribution in [2.24, 2.45) is 5.14 Å². The molecule has 17 aromatic rings. The van der Waals surface area contributed by atoms with Gasteiger partial charge in [-0.15, -0.1) is 0 Å². The number of aryl methyl sites for hydroxylation is 11. The summed E-state index contributed by atoms with van der Waals surface area (Å²) in [5.41, 5.74) is 54.8. The summed E-state index contributed by atoms with van der Waals surface area (Å²) in [5, 5.41) is 29.6. The normalized spacial score (nSPS) is 10.1. The number of benzene rings is 7. The number of nitrogens with one attached hydrogen (secondary N) is 6. The summed E-state index contributed by atoms with van der Waals surface area (Å²) in [5.74, 6) is 4.94. The van der Waals surface area contributed by atoms with Gasteiger partial charge in [0.15, 0.2) is 17.5 Å². The second-order valence-electron chi connectivity index (χ2n) is 27.2. The van der Waals surface area contributed by atoms with Gasteiger partial charge in [-0.3, -0.25) is 29.9 Å². The highest BCUT2D eigenvalue weighted by atomic mass is 35.5. The second-order valence-corrected chi connectivity index (χ2v) is 29.1. The van der Waals surface area contributed by atoms with Gasteiger partial charge in [0.1, 0.15) is 34.8 Å². The quantitative estimate of drug-likeness (QED) is 0.0761. The number of aromatic nitrogens is 16. The molecule has 17 rings (SSSR count). The van der Waals surface area contributed by atoms with E-state index in [-0.39, 0.29) is 22.0 Å². The van der Waals surface area contributed by atoms with Crippen molar-refractivity contribution in [3.05, 3.63) is 347 Å². The molecule has 0 radical (unpaired) electrons. The van der Waals surface area contributed by atoms with Gasteiger partial charge in [0.25, 0.3) is 0 Å². The number of halogens is 1. The number of fused-ring (bicyclic) bond motifs is 3. The van der Waals surface area contributed by atoms with E-state index in [1.54, 1.807) is 62.0 Å². The summed E-state index contributed by atoms with van der Waals surface area (Å²) in [6.07, 6.45) is 8.60. The fourth-order valence-corrected chi connectivity index (χ4v) is 11.8. The second kappa shape index (κ2) is 45.9. The van der Waals surface area contributed by atoms with E-state index in [0.29, 0.717) is 57.9 Å². The maximum absolute atomic E-state index is 11.0. The predicted octanol–water partition coefficient (Wildman–Crippen LogP) is 14.8. The first kappa shape index (κ1) is 93.0. The lowest BCUT2D eigenvalue weighted by molar-refractivity contribution is 0.413. The van der Waals surface area contributed by atoms with E-state index in [9.17, 15) is 22.8 Å². The van der Waals surface area contributed by atoms with Crippen LogP contribution < -0.4 is 67.1 Å². The molecule has 0 spiro atoms. The lowest BCUT2D eigenvalue weighted by Gasteiger charge is -2.05. The first-order valence-corrected chi connectivity index (χ1v) is 39.1. The third kappa shape index (κ3) is 32.1. The Morgan fingerprint density at radius 2 is 0.942 bits per heavy atom. The highest BCUT2D eigenvalue weighted by molar-refractivity contribution is 7.89. The number of anilines is 7. The number of ether oxygens (including phenoxy) is 1. The zero-order chi connectivity index (χ0) is 88.3. The zero-order valence-corrected chi connectivity index (χ0v) is 70.6. The molecule has 0 aliphatic heterocycles. The lowest BCUT2D eigenvalue weighted by atomic mass is 10.1. The molecule has 7 aromatic carbocycles. The summed E-state index contributed by atoms with van der Waals surface area (Å²) in [7, 11) is -2.18. The molecule has 0 saturated carbocycles. The van der Waals surface area contributed by atoms with Crippen molar-refractivity contribution in [2.75, 3.05) is 47.2 Å². The average molecular weight is 1670 g/mol. The summed E-state index contributed by atoms with van der Waals surface area (Å²) >= 11 is 5.60. The first-order valence-electron chi connectivity index (χ1n) is 37.2. The van der Waals surface area contributed by atoms with E-state index in [1.165, 1.54) is 35.4 Å². The van der Waals surface area contributed by atoms with Crippen molar-refractivity contribution in [2.45, 2.75) is 81.1 Å². The number of nitrogens with two attached hydrogens (primary N) is 8. The Kier molecular flexibility index (Phi) is 35.3. The van der Waals surface area contributed by atoms with Crippen molar-refractivity contribution >= 4 is 94.5 Å². The zero-order valence-electron chi connectivity index (χ0n) is 69.0. The number of aromatic amines is 6. The van der Waals surface area contributed by atoms with Crippen LogP contribution in [-0.4, -0.2) is 96.0 Å². The van der Waals surface area contributed by atoms with Gasteiger partial charge in [-0.25, -0.2) is 63.2 Å². The molecular weight excluding hydrogens is 1570 g/mol. The van der Waals surface area contributed by atoms with E-state index >= 15 is 0 Å². The van der Waals surface area contributed by atoms with Crippen LogP contribution in [0.4, 0.5) is 40.5 Å². The molecule has 0 fully saturated rings. The third-order valence-corrected chi connectivity index (χ3v) is 18.0. The molecule has 0 aliphatic rings. The van der Waals surface area contributed by atoms with Crippen molar-refractivity contribution in [1.29, 1.82) is 0 Å². The molecule has 0 aliphatic carbocycles. The van der Waals surface area contributed by atoms with Crippen LogP contribution in [0, 0.1) is 76.2 Å². The van der Waals surface area contributed by atoms with Crippen LogP contribution in [0.15, 0.2) is 269 Å². The van der Waals surface area contributed by atoms with Crippen LogP contribution >= 0.6 is 11.6 Å². The Labute approximate surface area is 704 Å². The van der Waals surface area contributed by atoms with E-state index in [0.717, 1.165) is 99.3 Å². The van der Waals surface area contributed by atoms with Crippen LogP contribution in [0.3, 0.4) is 0 Å². The Hall–Kier alpha value is -15.2. The number of nitrogen functional groups attached to an aromatic ring is 7. The third-order valence-electron chi connectivity index (χ3n) is 16.7. The molecule has 0 amide bonds. The van der Waals surface area contributed by atoms with Gasteiger partial charge < -0.3 is 44.9 Å². The molecule has 0 unspecified atom stereocenters. The number of hydrogen-bond acceptors (Lipinski definition) is 23. The fourth-order valence-electron chi connectivity index (χ4n) is 10.7. The van der Waals surface area contributed by atoms with Crippen molar-refractivity contribution in [3.63, 3.8) is 0 Å². The van der Waals surface area contributed by atoms with Gasteiger partial charge >= 0.3 is 17.1 Å². The Morgan fingerprint density at radius 3 is 1.48 bits per heavy atom. The van der Waals surface area contributed by atoms with Crippen LogP contribution in [0.1, 0.15) is 61.6 Å². The molecule has 22 N–H and O–H groups in total. The minimum absolute atomic E-state index is 0.104. The number of hydrogen-bond donors (Lipinski definition) is 14. The fraction of sp³-hybridized carbons (Fsp3) is 0.135. The monoisotopic (exact) mass is 1670 g/mol. The average Bonchev–Trinajstić information content (AvgIpc) is 1.64. The Morgan fingerprint density at radius 1 is 0.388 bits per heavy atom. The minimum Gasteiger partial charge on any atom is -0.497 e. The molecule has 10 heterocycles.